The topological polar surface area (TPSA) is 133 Å². The molecule has 1 aliphatic rings. The summed E-state index contributed by atoms with van der Waals surface area (Å²) in [7, 11) is 1.34. The molecule has 2 N–H and O–H groups in total. The van der Waals surface area contributed by atoms with Gasteiger partial charge in [-0.25, -0.2) is 9.78 Å². The van der Waals surface area contributed by atoms with Crippen molar-refractivity contribution < 1.29 is 38.4 Å². The molecule has 0 spiro atoms. The molecule has 1 amide bonds. The van der Waals surface area contributed by atoms with Gasteiger partial charge in [-0.3, -0.25) is 9.59 Å². The molecule has 4 atom stereocenters. The monoisotopic (exact) mass is 514 g/mol. The molecule has 37 heavy (non-hydrogen) atoms. The summed E-state index contributed by atoms with van der Waals surface area (Å²) in [4.78, 5) is 42.2. The average Bonchev–Trinajstić information content (AvgIpc) is 2.91. The molecule has 1 fully saturated rings. The molecule has 0 saturated carbocycles. The molecular weight excluding hydrogens is 480 g/mol. The van der Waals surface area contributed by atoms with Crippen LogP contribution in [0.1, 0.15) is 42.4 Å². The number of methoxy groups -OCH3 is 1. The molecule has 2 heterocycles. The minimum absolute atomic E-state index is 0.0656. The van der Waals surface area contributed by atoms with Crippen LogP contribution in [0.3, 0.4) is 0 Å². The number of nitrogens with zero attached hydrogens (tertiary/aromatic N) is 1. The molecule has 0 unspecified atom stereocenters. The van der Waals surface area contributed by atoms with E-state index in [4.69, 9.17) is 18.9 Å². The molecule has 2 aromatic rings. The lowest BCUT2D eigenvalue weighted by atomic mass is 9.91. The molecule has 10 nitrogen and oxygen atoms in total. The molecule has 0 aliphatic carbocycles. The zero-order valence-corrected chi connectivity index (χ0v) is 21.7. The van der Waals surface area contributed by atoms with Crippen LogP contribution in [-0.2, 0) is 30.2 Å². The van der Waals surface area contributed by atoms with Gasteiger partial charge in [0.25, 0.3) is 5.91 Å². The highest BCUT2D eigenvalue weighted by atomic mass is 16.6. The number of carbonyl (C=O) groups is 3. The predicted octanol–water partition coefficient (Wildman–Crippen LogP) is 2.59. The van der Waals surface area contributed by atoms with Crippen LogP contribution in [0.5, 0.6) is 11.5 Å². The second-order valence-electron chi connectivity index (χ2n) is 9.42. The largest absolute Gasteiger partial charge is 0.503 e. The first-order valence-corrected chi connectivity index (χ1v) is 12.2. The van der Waals surface area contributed by atoms with Crippen molar-refractivity contribution in [3.05, 3.63) is 53.3 Å². The number of nitrogens with one attached hydrogen (secondary N) is 1. The number of amides is 1. The van der Waals surface area contributed by atoms with Crippen LogP contribution in [-0.4, -0.2) is 66.5 Å². The molecule has 200 valence electrons. The number of benzene rings is 1. The van der Waals surface area contributed by atoms with E-state index in [0.29, 0.717) is 6.42 Å². The number of ether oxygens (including phenoxy) is 4. The summed E-state index contributed by atoms with van der Waals surface area (Å²) in [6.45, 7) is 7.08. The second kappa shape index (κ2) is 12.5. The molecule has 1 aromatic carbocycles. The highest BCUT2D eigenvalue weighted by Gasteiger charge is 2.38. The van der Waals surface area contributed by atoms with Gasteiger partial charge in [0.15, 0.2) is 23.2 Å². The van der Waals surface area contributed by atoms with Crippen LogP contribution < -0.4 is 10.1 Å². The lowest BCUT2D eigenvalue weighted by Gasteiger charge is -2.31. The number of aryl methyl sites for hydroxylation is 1. The second-order valence-corrected chi connectivity index (χ2v) is 9.42. The Morgan fingerprint density at radius 2 is 1.89 bits per heavy atom. The van der Waals surface area contributed by atoms with Gasteiger partial charge in [0, 0.05) is 18.2 Å². The van der Waals surface area contributed by atoms with E-state index in [0.717, 1.165) is 11.1 Å². The van der Waals surface area contributed by atoms with Gasteiger partial charge in [-0.15, -0.1) is 0 Å². The van der Waals surface area contributed by atoms with E-state index in [1.54, 1.807) is 20.8 Å². The van der Waals surface area contributed by atoms with Gasteiger partial charge in [0.05, 0.1) is 26.2 Å². The Morgan fingerprint density at radius 3 is 2.54 bits per heavy atom. The summed E-state index contributed by atoms with van der Waals surface area (Å²) in [5.41, 5.74) is 1.84. The summed E-state index contributed by atoms with van der Waals surface area (Å²) in [6.07, 6.45) is 0.252. The zero-order valence-electron chi connectivity index (χ0n) is 21.7. The van der Waals surface area contributed by atoms with Crippen molar-refractivity contribution in [2.75, 3.05) is 20.3 Å². The van der Waals surface area contributed by atoms with E-state index in [1.807, 2.05) is 31.2 Å². The smallest absolute Gasteiger partial charge is 0.331 e. The lowest BCUT2D eigenvalue weighted by molar-refractivity contribution is -0.173. The Labute approximate surface area is 216 Å². The summed E-state index contributed by atoms with van der Waals surface area (Å²) in [5.74, 6) is -3.04. The predicted molar refractivity (Wildman–Crippen MR) is 133 cm³/mol. The van der Waals surface area contributed by atoms with E-state index < -0.39 is 41.8 Å². The van der Waals surface area contributed by atoms with Crippen LogP contribution in [0.25, 0.3) is 0 Å². The summed E-state index contributed by atoms with van der Waals surface area (Å²) >= 11 is 0. The summed E-state index contributed by atoms with van der Waals surface area (Å²) in [6, 6.07) is 8.21. The van der Waals surface area contributed by atoms with Crippen LogP contribution in [0.4, 0.5) is 0 Å². The van der Waals surface area contributed by atoms with Gasteiger partial charge in [-0.05, 0) is 25.8 Å². The molecule has 1 saturated heterocycles. The average molecular weight is 515 g/mol. The van der Waals surface area contributed by atoms with E-state index in [9.17, 15) is 19.5 Å². The molecule has 1 aromatic heterocycles. The SMILES string of the molecule is COc1ccnc(C(=O)N[C@H]2COC[C@H](Cc3ccc(C)cc3)[C@@H](OC(=O)C(C)C)[C@H](C)OC2=O)c1O. The number of cyclic esters (lactones) is 1. The molecule has 3 rings (SSSR count). The van der Waals surface area contributed by atoms with Crippen LogP contribution >= 0.6 is 0 Å². The highest BCUT2D eigenvalue weighted by molar-refractivity contribution is 5.98. The minimum atomic E-state index is -1.18. The van der Waals surface area contributed by atoms with Gasteiger partial charge in [0.1, 0.15) is 12.2 Å². The lowest BCUT2D eigenvalue weighted by Crippen LogP contribution is -2.47. The van der Waals surface area contributed by atoms with Gasteiger partial charge in [-0.1, -0.05) is 43.7 Å². The third-order valence-corrected chi connectivity index (χ3v) is 6.10. The molecule has 0 radical (unpaired) electrons. The van der Waals surface area contributed by atoms with Gasteiger partial charge >= 0.3 is 11.9 Å². The van der Waals surface area contributed by atoms with Gasteiger partial charge < -0.3 is 29.4 Å². The standard InChI is InChI=1S/C27H34N2O8/c1-15(2)26(32)37-24-17(4)36-27(33)20(29-25(31)22-23(30)21(34-5)10-11-28-22)14-35-13-19(24)12-18-8-6-16(3)7-9-18/h6-11,15,17,19-20,24,30H,12-14H2,1-5H3,(H,29,31)/t17-,19-,20-,24-/m0/s1. The van der Waals surface area contributed by atoms with Crippen molar-refractivity contribution in [1.82, 2.24) is 10.3 Å². The Kier molecular flexibility index (Phi) is 9.46. The maximum absolute atomic E-state index is 13.0. The fourth-order valence-electron chi connectivity index (χ4n) is 3.97. The van der Waals surface area contributed by atoms with Gasteiger partial charge in [0.2, 0.25) is 0 Å². The molecular formula is C27H34N2O8. The van der Waals surface area contributed by atoms with Crippen LogP contribution in [0.2, 0.25) is 0 Å². The first kappa shape index (κ1) is 27.9. The molecule has 0 bridgehead atoms. The molecule has 10 heteroatoms. The minimum Gasteiger partial charge on any atom is -0.503 e. The van der Waals surface area contributed by atoms with Crippen LogP contribution in [0, 0.1) is 18.8 Å². The van der Waals surface area contributed by atoms with Gasteiger partial charge in [-0.2, -0.15) is 0 Å². The Bertz CT molecular complexity index is 1100. The van der Waals surface area contributed by atoms with Crippen molar-refractivity contribution in [2.45, 2.75) is 52.4 Å². The quantitative estimate of drug-likeness (QED) is 0.535. The normalized spacial score (nSPS) is 22.3. The summed E-state index contributed by atoms with van der Waals surface area (Å²) in [5, 5.41) is 12.8. The van der Waals surface area contributed by atoms with Crippen molar-refractivity contribution in [2.24, 2.45) is 11.8 Å². The fraction of sp³-hybridized carbons (Fsp3) is 0.481. The third kappa shape index (κ3) is 7.19. The number of hydrogen-bond acceptors (Lipinski definition) is 9. The van der Waals surface area contributed by atoms with E-state index in [1.165, 1.54) is 19.4 Å². The number of hydrogen-bond donors (Lipinski definition) is 2. The maximum Gasteiger partial charge on any atom is 0.331 e. The highest BCUT2D eigenvalue weighted by Crippen LogP contribution is 2.28. The Morgan fingerprint density at radius 1 is 1.19 bits per heavy atom. The van der Waals surface area contributed by atoms with Crippen molar-refractivity contribution >= 4 is 17.8 Å². The number of esters is 2. The Hall–Kier alpha value is -3.66. The van der Waals surface area contributed by atoms with E-state index in [-0.39, 0.29) is 36.5 Å². The Balaban J connectivity index is 1.82. The number of carbonyl (C=O) groups excluding carboxylic acids is 3. The van der Waals surface area contributed by atoms with Crippen molar-refractivity contribution in [3.8, 4) is 11.5 Å². The van der Waals surface area contributed by atoms with Crippen molar-refractivity contribution in [3.63, 3.8) is 0 Å². The maximum atomic E-state index is 13.0. The fourth-order valence-corrected chi connectivity index (χ4v) is 3.97. The number of aromatic nitrogens is 1. The van der Waals surface area contributed by atoms with E-state index in [2.05, 4.69) is 10.3 Å². The van der Waals surface area contributed by atoms with Crippen molar-refractivity contribution in [1.29, 1.82) is 0 Å². The third-order valence-electron chi connectivity index (χ3n) is 6.10. The molecule has 1 aliphatic heterocycles. The first-order chi connectivity index (χ1) is 17.6. The number of aromatic hydroxyl groups is 1. The number of rotatable bonds is 7. The van der Waals surface area contributed by atoms with Crippen LogP contribution in [0.15, 0.2) is 36.5 Å². The zero-order chi connectivity index (χ0) is 27.1. The summed E-state index contributed by atoms with van der Waals surface area (Å²) < 4.78 is 22.3. The number of pyridine rings is 1. The first-order valence-electron chi connectivity index (χ1n) is 12.2. The van der Waals surface area contributed by atoms with E-state index >= 15 is 0 Å².